The van der Waals surface area contributed by atoms with Crippen LogP contribution in [0.4, 0.5) is 0 Å². The first-order chi connectivity index (χ1) is 20.3. The lowest BCUT2D eigenvalue weighted by Crippen LogP contribution is -2.41. The number of nitrogens with zero attached hydrogens (tertiary/aromatic N) is 3. The van der Waals surface area contributed by atoms with Crippen molar-refractivity contribution in [2.24, 2.45) is 14.1 Å². The lowest BCUT2D eigenvalue weighted by Gasteiger charge is -2.36. The molecule has 8 nitrogen and oxygen atoms in total. The molecule has 0 saturated heterocycles. The molecule has 0 saturated carbocycles. The molecule has 0 fully saturated rings. The fourth-order valence-corrected chi connectivity index (χ4v) is 6.47. The average molecular weight is 626 g/mol. The van der Waals surface area contributed by atoms with Crippen LogP contribution < -0.4 is 4.74 Å². The summed E-state index contributed by atoms with van der Waals surface area (Å²) in [5, 5.41) is 6.21. The Balaban J connectivity index is 1.68. The number of fused-ring (bicyclic) bond motifs is 1. The third kappa shape index (κ3) is 6.85. The molecule has 2 aromatic heterocycles. The van der Waals surface area contributed by atoms with Crippen LogP contribution in [0.3, 0.4) is 0 Å². The van der Waals surface area contributed by atoms with Crippen molar-refractivity contribution >= 4 is 36.8 Å². The highest BCUT2D eigenvalue weighted by molar-refractivity contribution is 6.74. The summed E-state index contributed by atoms with van der Waals surface area (Å²) in [5.74, 6) is 0.423. The SMILES string of the molecule is COC(=O)c1c(CCCO[Si](C)(C)C(C)(C)C)c2ccc(Cl)c(-c3c(COCc4ccc(OC)cc4)cnn3C)c2n1C. The largest absolute Gasteiger partial charge is 0.497 e. The quantitative estimate of drug-likeness (QED) is 0.0912. The zero-order valence-electron chi connectivity index (χ0n) is 26.8. The zero-order valence-corrected chi connectivity index (χ0v) is 28.6. The number of ether oxygens (including phenoxy) is 3. The molecule has 0 atom stereocenters. The second kappa shape index (κ2) is 13.3. The van der Waals surface area contributed by atoms with Gasteiger partial charge in [-0.2, -0.15) is 5.10 Å². The van der Waals surface area contributed by atoms with Crippen molar-refractivity contribution in [2.75, 3.05) is 20.8 Å². The molecule has 4 rings (SSSR count). The molecule has 0 aliphatic carbocycles. The fraction of sp³-hybridized carbons (Fsp3) is 0.455. The third-order valence-electron chi connectivity index (χ3n) is 8.56. The number of hydrogen-bond donors (Lipinski definition) is 0. The van der Waals surface area contributed by atoms with Gasteiger partial charge in [0.2, 0.25) is 0 Å². The minimum absolute atomic E-state index is 0.133. The van der Waals surface area contributed by atoms with E-state index < -0.39 is 8.32 Å². The van der Waals surface area contributed by atoms with E-state index in [1.54, 1.807) is 7.11 Å². The van der Waals surface area contributed by atoms with Crippen LogP contribution >= 0.6 is 11.6 Å². The van der Waals surface area contributed by atoms with Crippen molar-refractivity contribution < 1.29 is 23.4 Å². The molecule has 10 heteroatoms. The monoisotopic (exact) mass is 625 g/mol. The summed E-state index contributed by atoms with van der Waals surface area (Å²) in [7, 11) is 4.96. The number of aryl methyl sites for hydroxylation is 3. The molecule has 0 aliphatic heterocycles. The Morgan fingerprint density at radius 2 is 1.72 bits per heavy atom. The molecular formula is C33H44ClN3O5Si. The molecule has 2 aromatic carbocycles. The van der Waals surface area contributed by atoms with Crippen LogP contribution in [0.5, 0.6) is 5.75 Å². The van der Waals surface area contributed by atoms with Crippen LogP contribution in [0.1, 0.15) is 54.4 Å². The third-order valence-corrected chi connectivity index (χ3v) is 13.4. The molecule has 43 heavy (non-hydrogen) atoms. The first-order valence-corrected chi connectivity index (χ1v) is 17.8. The highest BCUT2D eigenvalue weighted by atomic mass is 35.5. The second-order valence-electron chi connectivity index (χ2n) is 12.4. The van der Waals surface area contributed by atoms with Crippen molar-refractivity contribution in [1.82, 2.24) is 14.3 Å². The number of rotatable bonds is 12. The van der Waals surface area contributed by atoms with Gasteiger partial charge in [0.05, 0.1) is 49.9 Å². The van der Waals surface area contributed by atoms with Crippen LogP contribution in [0.2, 0.25) is 23.2 Å². The maximum absolute atomic E-state index is 13.1. The van der Waals surface area contributed by atoms with Crippen LogP contribution in [-0.4, -0.2) is 49.5 Å². The molecule has 0 bridgehead atoms. The number of carbonyl (C=O) groups excluding carboxylic acids is 1. The van der Waals surface area contributed by atoms with Crippen molar-refractivity contribution in [3.05, 3.63) is 70.0 Å². The van der Waals surface area contributed by atoms with Gasteiger partial charge in [-0.1, -0.05) is 50.6 Å². The number of hydrogen-bond acceptors (Lipinski definition) is 6. The Kier molecular flexibility index (Phi) is 10.1. The topological polar surface area (TPSA) is 76.7 Å². The van der Waals surface area contributed by atoms with E-state index in [0.717, 1.165) is 51.0 Å². The first-order valence-electron chi connectivity index (χ1n) is 14.5. The van der Waals surface area contributed by atoms with Gasteiger partial charge < -0.3 is 23.2 Å². The molecule has 0 amide bonds. The van der Waals surface area contributed by atoms with Gasteiger partial charge in [-0.3, -0.25) is 4.68 Å². The van der Waals surface area contributed by atoms with E-state index in [1.165, 1.54) is 7.11 Å². The normalized spacial score (nSPS) is 12.2. The Bertz CT molecular complexity index is 1590. The summed E-state index contributed by atoms with van der Waals surface area (Å²) in [5.41, 5.74) is 5.89. The van der Waals surface area contributed by atoms with Crippen molar-refractivity contribution in [3.63, 3.8) is 0 Å². The van der Waals surface area contributed by atoms with Crippen LogP contribution in [-0.2, 0) is 47.6 Å². The Labute approximate surface area is 261 Å². The lowest BCUT2D eigenvalue weighted by molar-refractivity contribution is 0.0589. The number of halogens is 1. The predicted molar refractivity (Wildman–Crippen MR) is 174 cm³/mol. The number of esters is 1. The van der Waals surface area contributed by atoms with E-state index in [4.69, 9.17) is 30.2 Å². The molecule has 0 N–H and O–H groups in total. The van der Waals surface area contributed by atoms with E-state index in [-0.39, 0.29) is 11.0 Å². The summed E-state index contributed by atoms with van der Waals surface area (Å²) < 4.78 is 26.8. The van der Waals surface area contributed by atoms with Gasteiger partial charge >= 0.3 is 5.97 Å². The highest BCUT2D eigenvalue weighted by Crippen LogP contribution is 2.41. The summed E-state index contributed by atoms with van der Waals surface area (Å²) in [6.07, 6.45) is 3.26. The summed E-state index contributed by atoms with van der Waals surface area (Å²) in [6, 6.07) is 11.7. The van der Waals surface area contributed by atoms with Crippen molar-refractivity contribution in [1.29, 1.82) is 0 Å². The number of methoxy groups -OCH3 is 2. The molecule has 0 radical (unpaired) electrons. The van der Waals surface area contributed by atoms with E-state index in [2.05, 4.69) is 39.0 Å². The predicted octanol–water partition coefficient (Wildman–Crippen LogP) is 7.70. The Hall–Kier alpha value is -3.11. The highest BCUT2D eigenvalue weighted by Gasteiger charge is 2.37. The second-order valence-corrected chi connectivity index (χ2v) is 17.6. The van der Waals surface area contributed by atoms with E-state index >= 15 is 0 Å². The molecule has 0 unspecified atom stereocenters. The summed E-state index contributed by atoms with van der Waals surface area (Å²) in [4.78, 5) is 13.1. The number of aromatic nitrogens is 3. The van der Waals surface area contributed by atoms with Gasteiger partial charge in [0.15, 0.2) is 8.32 Å². The molecule has 4 aromatic rings. The zero-order chi connectivity index (χ0) is 31.5. The number of carbonyl (C=O) groups is 1. The van der Waals surface area contributed by atoms with E-state index in [0.29, 0.717) is 37.0 Å². The smallest absolute Gasteiger partial charge is 0.354 e. The van der Waals surface area contributed by atoms with Gasteiger partial charge in [0, 0.05) is 37.2 Å². The van der Waals surface area contributed by atoms with E-state index in [9.17, 15) is 4.79 Å². The Morgan fingerprint density at radius 3 is 2.35 bits per heavy atom. The standard InChI is InChI=1S/C33H44ClN3O5Si/c1-33(2,3)43(8,9)42-18-10-11-25-26-16-17-27(34)28(30(26)36(4)31(25)32(38)40-7)29-23(19-35-37(29)5)21-41-20-22-12-14-24(39-6)15-13-22/h12-17,19H,10-11,18,20-21H2,1-9H3. The van der Waals surface area contributed by atoms with Crippen molar-refractivity contribution in [3.8, 4) is 17.0 Å². The number of benzene rings is 2. The minimum Gasteiger partial charge on any atom is -0.497 e. The maximum Gasteiger partial charge on any atom is 0.354 e. The van der Waals surface area contributed by atoms with Crippen LogP contribution in [0, 0.1) is 0 Å². The molecule has 0 spiro atoms. The molecule has 232 valence electrons. The minimum atomic E-state index is -1.88. The lowest BCUT2D eigenvalue weighted by atomic mass is 10.0. The maximum atomic E-state index is 13.1. The van der Waals surface area contributed by atoms with Gasteiger partial charge in [-0.25, -0.2) is 4.79 Å². The van der Waals surface area contributed by atoms with Crippen LogP contribution in [0.25, 0.3) is 22.2 Å². The van der Waals surface area contributed by atoms with Gasteiger partial charge in [0.25, 0.3) is 0 Å². The average Bonchev–Trinajstić information content (AvgIpc) is 3.46. The van der Waals surface area contributed by atoms with Gasteiger partial charge in [-0.15, -0.1) is 0 Å². The molecule has 0 aliphatic rings. The first kappa shape index (κ1) is 32.8. The van der Waals surface area contributed by atoms with Crippen LogP contribution in [0.15, 0.2) is 42.6 Å². The molecule has 2 heterocycles. The summed E-state index contributed by atoms with van der Waals surface area (Å²) in [6.45, 7) is 12.6. The summed E-state index contributed by atoms with van der Waals surface area (Å²) >= 11 is 6.93. The van der Waals surface area contributed by atoms with Gasteiger partial charge in [-0.05, 0) is 60.3 Å². The van der Waals surface area contributed by atoms with E-state index in [1.807, 2.05) is 65.9 Å². The molecular weight excluding hydrogens is 582 g/mol. The van der Waals surface area contributed by atoms with Crippen molar-refractivity contribution in [2.45, 2.75) is 65.0 Å². The Morgan fingerprint density at radius 1 is 1.02 bits per heavy atom. The van der Waals surface area contributed by atoms with Gasteiger partial charge in [0.1, 0.15) is 11.4 Å². The fourth-order valence-electron chi connectivity index (χ4n) is 5.14.